The second kappa shape index (κ2) is 3.92. The maximum Gasteiger partial charge on any atom is 0.0991 e. The van der Waals surface area contributed by atoms with Gasteiger partial charge in [0, 0.05) is 0 Å². The van der Waals surface area contributed by atoms with Crippen LogP contribution in [0.4, 0.5) is 0 Å². The van der Waals surface area contributed by atoms with E-state index in [4.69, 9.17) is 5.26 Å². The summed E-state index contributed by atoms with van der Waals surface area (Å²) in [5.74, 6) is 0.595. The van der Waals surface area contributed by atoms with E-state index in [1.54, 1.807) is 0 Å². The van der Waals surface area contributed by atoms with Crippen LogP contribution in [0.15, 0.2) is 24.3 Å². The van der Waals surface area contributed by atoms with Crippen LogP contribution in [0.2, 0.25) is 0 Å². The molecule has 0 aliphatic carbocycles. The van der Waals surface area contributed by atoms with Crippen LogP contribution in [0.5, 0.6) is 0 Å². The lowest BCUT2D eigenvalue weighted by Gasteiger charge is -2.07. The van der Waals surface area contributed by atoms with E-state index in [1.807, 2.05) is 24.3 Å². The Morgan fingerprint density at radius 3 is 2.33 bits per heavy atom. The molecule has 0 saturated carbocycles. The molecule has 0 fully saturated rings. The highest BCUT2D eigenvalue weighted by Crippen LogP contribution is 2.18. The average molecular weight is 159 g/mol. The molecule has 0 aliphatic rings. The van der Waals surface area contributed by atoms with Crippen LogP contribution >= 0.6 is 0 Å². The number of nitriles is 1. The molecule has 12 heavy (non-hydrogen) atoms. The van der Waals surface area contributed by atoms with Gasteiger partial charge < -0.3 is 0 Å². The Morgan fingerprint density at radius 1 is 1.33 bits per heavy atom. The average Bonchev–Trinajstić information content (AvgIpc) is 2.17. The SMILES string of the molecule is CC[C@H](C)c1ccc(C#N)cc1. The second-order valence-electron chi connectivity index (χ2n) is 3.04. The molecular weight excluding hydrogens is 146 g/mol. The van der Waals surface area contributed by atoms with Crippen LogP contribution in [0, 0.1) is 11.3 Å². The molecule has 1 nitrogen and oxygen atoms in total. The lowest BCUT2D eigenvalue weighted by atomic mass is 9.98. The van der Waals surface area contributed by atoms with E-state index >= 15 is 0 Å². The molecule has 0 aliphatic heterocycles. The van der Waals surface area contributed by atoms with Crippen LogP contribution in [0.25, 0.3) is 0 Å². The first-order valence-corrected chi connectivity index (χ1v) is 4.28. The van der Waals surface area contributed by atoms with Crippen molar-refractivity contribution in [2.75, 3.05) is 0 Å². The van der Waals surface area contributed by atoms with E-state index in [9.17, 15) is 0 Å². The quantitative estimate of drug-likeness (QED) is 0.650. The van der Waals surface area contributed by atoms with Gasteiger partial charge in [0.15, 0.2) is 0 Å². The highest BCUT2D eigenvalue weighted by atomic mass is 14.2. The van der Waals surface area contributed by atoms with Gasteiger partial charge in [0.05, 0.1) is 11.6 Å². The molecule has 1 rings (SSSR count). The van der Waals surface area contributed by atoms with E-state index in [-0.39, 0.29) is 0 Å². The fourth-order valence-electron chi connectivity index (χ4n) is 1.12. The van der Waals surface area contributed by atoms with Crippen LogP contribution < -0.4 is 0 Å². The van der Waals surface area contributed by atoms with Crippen LogP contribution in [-0.2, 0) is 0 Å². The highest BCUT2D eigenvalue weighted by Gasteiger charge is 2.01. The Bertz CT molecular complexity index is 279. The largest absolute Gasteiger partial charge is 0.192 e. The van der Waals surface area contributed by atoms with Crippen molar-refractivity contribution in [3.63, 3.8) is 0 Å². The van der Waals surface area contributed by atoms with Gasteiger partial charge in [-0.25, -0.2) is 0 Å². The Kier molecular flexibility index (Phi) is 2.88. The Hall–Kier alpha value is -1.29. The first-order chi connectivity index (χ1) is 5.77. The van der Waals surface area contributed by atoms with Crippen molar-refractivity contribution >= 4 is 0 Å². The molecule has 0 radical (unpaired) electrons. The van der Waals surface area contributed by atoms with Gasteiger partial charge >= 0.3 is 0 Å². The van der Waals surface area contributed by atoms with E-state index < -0.39 is 0 Å². The molecule has 0 spiro atoms. The molecule has 0 aromatic heterocycles. The van der Waals surface area contributed by atoms with Crippen LogP contribution in [0.1, 0.15) is 37.3 Å². The van der Waals surface area contributed by atoms with Gasteiger partial charge in [0.1, 0.15) is 0 Å². The Morgan fingerprint density at radius 2 is 1.92 bits per heavy atom. The molecule has 1 heteroatoms. The van der Waals surface area contributed by atoms with Crippen molar-refractivity contribution in [2.24, 2.45) is 0 Å². The summed E-state index contributed by atoms with van der Waals surface area (Å²) in [7, 11) is 0. The summed E-state index contributed by atoms with van der Waals surface area (Å²) in [5.41, 5.74) is 2.05. The van der Waals surface area contributed by atoms with Crippen molar-refractivity contribution < 1.29 is 0 Å². The lowest BCUT2D eigenvalue weighted by molar-refractivity contribution is 0.733. The number of nitrogens with zero attached hydrogens (tertiary/aromatic N) is 1. The maximum atomic E-state index is 8.57. The fourth-order valence-corrected chi connectivity index (χ4v) is 1.12. The van der Waals surface area contributed by atoms with Crippen molar-refractivity contribution in [3.05, 3.63) is 35.4 Å². The van der Waals surface area contributed by atoms with Crippen molar-refractivity contribution in [1.82, 2.24) is 0 Å². The minimum Gasteiger partial charge on any atom is -0.192 e. The van der Waals surface area contributed by atoms with Crippen molar-refractivity contribution in [1.29, 1.82) is 5.26 Å². The van der Waals surface area contributed by atoms with Gasteiger partial charge in [-0.2, -0.15) is 5.26 Å². The number of rotatable bonds is 2. The normalized spacial score (nSPS) is 12.1. The predicted octanol–water partition coefficient (Wildman–Crippen LogP) is 3.07. The molecule has 0 amide bonds. The van der Waals surface area contributed by atoms with E-state index in [1.165, 1.54) is 5.56 Å². The Balaban J connectivity index is 2.86. The van der Waals surface area contributed by atoms with Crippen LogP contribution in [0.3, 0.4) is 0 Å². The zero-order chi connectivity index (χ0) is 8.97. The summed E-state index contributed by atoms with van der Waals surface area (Å²) < 4.78 is 0. The Labute approximate surface area is 73.6 Å². The highest BCUT2D eigenvalue weighted by molar-refractivity contribution is 5.32. The van der Waals surface area contributed by atoms with Gasteiger partial charge in [-0.05, 0) is 30.0 Å². The minimum absolute atomic E-state index is 0.595. The van der Waals surface area contributed by atoms with Gasteiger partial charge in [0.25, 0.3) is 0 Å². The molecule has 1 aromatic rings. The predicted molar refractivity (Wildman–Crippen MR) is 49.9 cm³/mol. The summed E-state index contributed by atoms with van der Waals surface area (Å²) >= 11 is 0. The lowest BCUT2D eigenvalue weighted by Crippen LogP contribution is -1.90. The van der Waals surface area contributed by atoms with E-state index in [0.29, 0.717) is 5.92 Å². The molecule has 62 valence electrons. The molecular formula is C11H13N. The second-order valence-corrected chi connectivity index (χ2v) is 3.04. The topological polar surface area (TPSA) is 23.8 Å². The molecule has 0 saturated heterocycles. The van der Waals surface area contributed by atoms with Crippen molar-refractivity contribution in [2.45, 2.75) is 26.2 Å². The monoisotopic (exact) mass is 159 g/mol. The molecule has 0 heterocycles. The maximum absolute atomic E-state index is 8.57. The number of hydrogen-bond acceptors (Lipinski definition) is 1. The minimum atomic E-state index is 0.595. The third-order valence-corrected chi connectivity index (χ3v) is 2.22. The smallest absolute Gasteiger partial charge is 0.0991 e. The molecule has 1 aromatic carbocycles. The number of hydrogen-bond donors (Lipinski definition) is 0. The summed E-state index contributed by atoms with van der Waals surface area (Å²) in [6.45, 7) is 4.37. The van der Waals surface area contributed by atoms with Gasteiger partial charge in [0.2, 0.25) is 0 Å². The summed E-state index contributed by atoms with van der Waals surface area (Å²) in [5, 5.41) is 8.57. The third kappa shape index (κ3) is 1.85. The van der Waals surface area contributed by atoms with Crippen molar-refractivity contribution in [3.8, 4) is 6.07 Å². The first-order valence-electron chi connectivity index (χ1n) is 4.28. The van der Waals surface area contributed by atoms with Gasteiger partial charge in [-0.3, -0.25) is 0 Å². The van der Waals surface area contributed by atoms with Gasteiger partial charge in [-0.1, -0.05) is 26.0 Å². The summed E-state index contributed by atoms with van der Waals surface area (Å²) in [6, 6.07) is 9.93. The fraction of sp³-hybridized carbons (Fsp3) is 0.364. The molecule has 0 N–H and O–H groups in total. The standard InChI is InChI=1S/C11H13N/c1-3-9(2)11-6-4-10(8-12)5-7-11/h4-7,9H,3H2,1-2H3/t9-/m0/s1. The first kappa shape index (κ1) is 8.80. The van der Waals surface area contributed by atoms with E-state index in [0.717, 1.165) is 12.0 Å². The molecule has 0 bridgehead atoms. The zero-order valence-electron chi connectivity index (χ0n) is 7.54. The molecule has 1 atom stereocenters. The third-order valence-electron chi connectivity index (χ3n) is 2.22. The van der Waals surface area contributed by atoms with E-state index in [2.05, 4.69) is 19.9 Å². The summed E-state index contributed by atoms with van der Waals surface area (Å²) in [6.07, 6.45) is 1.14. The number of benzene rings is 1. The molecule has 0 unspecified atom stereocenters. The van der Waals surface area contributed by atoms with Gasteiger partial charge in [-0.15, -0.1) is 0 Å². The summed E-state index contributed by atoms with van der Waals surface area (Å²) in [4.78, 5) is 0. The zero-order valence-corrected chi connectivity index (χ0v) is 7.54. The van der Waals surface area contributed by atoms with Crippen LogP contribution in [-0.4, -0.2) is 0 Å².